The Morgan fingerprint density at radius 2 is 2.05 bits per heavy atom. The SMILES string of the molecule is Cc1c(CNCC2(C)CCCC2)cccc1[N+](=O)[O-]. The zero-order chi connectivity index (χ0) is 13.9. The van der Waals surface area contributed by atoms with Crippen LogP contribution in [0.25, 0.3) is 0 Å². The topological polar surface area (TPSA) is 55.2 Å². The lowest BCUT2D eigenvalue weighted by molar-refractivity contribution is -0.385. The molecule has 0 aromatic heterocycles. The van der Waals surface area contributed by atoms with E-state index in [0.29, 0.717) is 12.0 Å². The molecule has 0 heterocycles. The Hall–Kier alpha value is -1.42. The van der Waals surface area contributed by atoms with Crippen LogP contribution in [0.5, 0.6) is 0 Å². The number of nitrogens with one attached hydrogen (secondary N) is 1. The number of nitro benzene ring substituents is 1. The molecule has 0 atom stereocenters. The highest BCUT2D eigenvalue weighted by Crippen LogP contribution is 2.36. The number of rotatable bonds is 5. The molecule has 1 saturated carbocycles. The average molecular weight is 262 g/mol. The van der Waals surface area contributed by atoms with Crippen molar-refractivity contribution in [2.75, 3.05) is 6.54 Å². The summed E-state index contributed by atoms with van der Waals surface area (Å²) in [7, 11) is 0. The number of nitrogens with zero attached hydrogens (tertiary/aromatic N) is 1. The fraction of sp³-hybridized carbons (Fsp3) is 0.600. The molecule has 19 heavy (non-hydrogen) atoms. The summed E-state index contributed by atoms with van der Waals surface area (Å²) >= 11 is 0. The Morgan fingerprint density at radius 3 is 2.68 bits per heavy atom. The highest BCUT2D eigenvalue weighted by atomic mass is 16.6. The van der Waals surface area contributed by atoms with Gasteiger partial charge in [-0.1, -0.05) is 31.9 Å². The number of hydrogen-bond donors (Lipinski definition) is 1. The van der Waals surface area contributed by atoms with Crippen molar-refractivity contribution in [3.8, 4) is 0 Å². The zero-order valence-electron chi connectivity index (χ0n) is 11.7. The summed E-state index contributed by atoms with van der Waals surface area (Å²) in [5.74, 6) is 0. The molecule has 4 heteroatoms. The van der Waals surface area contributed by atoms with Crippen molar-refractivity contribution in [1.82, 2.24) is 5.32 Å². The molecule has 1 aromatic rings. The van der Waals surface area contributed by atoms with E-state index in [0.717, 1.165) is 17.7 Å². The van der Waals surface area contributed by atoms with Gasteiger partial charge in [0.05, 0.1) is 4.92 Å². The van der Waals surface area contributed by atoms with Crippen molar-refractivity contribution in [3.05, 3.63) is 39.4 Å². The minimum atomic E-state index is -0.308. The van der Waals surface area contributed by atoms with Crippen LogP contribution >= 0.6 is 0 Å². The highest BCUT2D eigenvalue weighted by molar-refractivity contribution is 5.44. The summed E-state index contributed by atoms with van der Waals surface area (Å²) in [5.41, 5.74) is 2.42. The third-order valence-electron chi connectivity index (χ3n) is 4.29. The number of hydrogen-bond acceptors (Lipinski definition) is 3. The van der Waals surface area contributed by atoms with E-state index in [1.165, 1.54) is 25.7 Å². The molecule has 1 aliphatic rings. The molecule has 2 rings (SSSR count). The molecular weight excluding hydrogens is 240 g/mol. The molecule has 0 saturated heterocycles. The van der Waals surface area contributed by atoms with Gasteiger partial charge in [0.1, 0.15) is 0 Å². The fourth-order valence-electron chi connectivity index (χ4n) is 2.96. The maximum atomic E-state index is 10.9. The molecule has 1 fully saturated rings. The molecule has 4 nitrogen and oxygen atoms in total. The maximum absolute atomic E-state index is 10.9. The predicted molar refractivity (Wildman–Crippen MR) is 76.1 cm³/mol. The van der Waals surface area contributed by atoms with Gasteiger partial charge in [0.25, 0.3) is 5.69 Å². The second-order valence-corrected chi connectivity index (χ2v) is 5.94. The lowest BCUT2D eigenvalue weighted by atomic mass is 9.89. The molecule has 0 radical (unpaired) electrons. The molecule has 0 bridgehead atoms. The molecule has 104 valence electrons. The Bertz CT molecular complexity index is 465. The standard InChI is InChI=1S/C15H22N2O2/c1-12-13(6-5-7-14(12)17(18)19)10-16-11-15(2)8-3-4-9-15/h5-7,16H,3-4,8-11H2,1-2H3. The van der Waals surface area contributed by atoms with E-state index in [9.17, 15) is 10.1 Å². The van der Waals surface area contributed by atoms with Gasteiger partial charge in [-0.3, -0.25) is 10.1 Å². The quantitative estimate of drug-likeness (QED) is 0.652. The third-order valence-corrected chi connectivity index (χ3v) is 4.29. The number of benzene rings is 1. The van der Waals surface area contributed by atoms with Crippen LogP contribution in [0.3, 0.4) is 0 Å². The van der Waals surface area contributed by atoms with Crippen LogP contribution < -0.4 is 5.32 Å². The lowest BCUT2D eigenvalue weighted by Crippen LogP contribution is -2.29. The predicted octanol–water partition coefficient (Wildman–Crippen LogP) is 3.57. The average Bonchev–Trinajstić information content (AvgIpc) is 2.78. The van der Waals surface area contributed by atoms with Gasteiger partial charge in [-0.15, -0.1) is 0 Å². The van der Waals surface area contributed by atoms with Gasteiger partial charge in [0.15, 0.2) is 0 Å². The van der Waals surface area contributed by atoms with E-state index in [1.54, 1.807) is 12.1 Å². The first kappa shape index (κ1) is 14.0. The van der Waals surface area contributed by atoms with Gasteiger partial charge in [-0.25, -0.2) is 0 Å². The molecule has 0 unspecified atom stereocenters. The van der Waals surface area contributed by atoms with Gasteiger partial charge in [-0.2, -0.15) is 0 Å². The van der Waals surface area contributed by atoms with Gasteiger partial charge in [-0.05, 0) is 30.7 Å². The zero-order valence-corrected chi connectivity index (χ0v) is 11.7. The van der Waals surface area contributed by atoms with Crippen LogP contribution in [0.2, 0.25) is 0 Å². The maximum Gasteiger partial charge on any atom is 0.272 e. The van der Waals surface area contributed by atoms with Gasteiger partial charge < -0.3 is 5.32 Å². The van der Waals surface area contributed by atoms with Crippen LogP contribution in [-0.4, -0.2) is 11.5 Å². The minimum Gasteiger partial charge on any atom is -0.312 e. The van der Waals surface area contributed by atoms with E-state index in [4.69, 9.17) is 0 Å². The molecule has 1 aromatic carbocycles. The first-order valence-electron chi connectivity index (χ1n) is 6.95. The normalized spacial score (nSPS) is 17.6. The smallest absolute Gasteiger partial charge is 0.272 e. The largest absolute Gasteiger partial charge is 0.312 e. The second kappa shape index (κ2) is 5.70. The Labute approximate surface area is 114 Å². The van der Waals surface area contributed by atoms with E-state index in [-0.39, 0.29) is 10.6 Å². The lowest BCUT2D eigenvalue weighted by Gasteiger charge is -2.24. The van der Waals surface area contributed by atoms with E-state index >= 15 is 0 Å². The third kappa shape index (κ3) is 3.32. The van der Waals surface area contributed by atoms with Gasteiger partial charge >= 0.3 is 0 Å². The van der Waals surface area contributed by atoms with E-state index in [1.807, 2.05) is 13.0 Å². The second-order valence-electron chi connectivity index (χ2n) is 5.94. The summed E-state index contributed by atoms with van der Waals surface area (Å²) in [6.45, 7) is 5.86. The first-order chi connectivity index (χ1) is 9.02. The van der Waals surface area contributed by atoms with Crippen LogP contribution in [0.15, 0.2) is 18.2 Å². The van der Waals surface area contributed by atoms with Crippen LogP contribution in [0.4, 0.5) is 5.69 Å². The van der Waals surface area contributed by atoms with Crippen molar-refractivity contribution in [2.24, 2.45) is 5.41 Å². The van der Waals surface area contributed by atoms with Crippen molar-refractivity contribution in [1.29, 1.82) is 0 Å². The molecule has 1 N–H and O–H groups in total. The Morgan fingerprint density at radius 1 is 1.37 bits per heavy atom. The molecule has 0 amide bonds. The minimum absolute atomic E-state index is 0.214. The Balaban J connectivity index is 1.96. The highest BCUT2D eigenvalue weighted by Gasteiger charge is 2.27. The van der Waals surface area contributed by atoms with Crippen LogP contribution in [0.1, 0.15) is 43.7 Å². The van der Waals surface area contributed by atoms with Crippen molar-refractivity contribution in [3.63, 3.8) is 0 Å². The molecule has 0 aliphatic heterocycles. The summed E-state index contributed by atoms with van der Waals surface area (Å²) in [5, 5.41) is 14.4. The van der Waals surface area contributed by atoms with Gasteiger partial charge in [0, 0.05) is 24.7 Å². The number of nitro groups is 1. The van der Waals surface area contributed by atoms with E-state index in [2.05, 4.69) is 12.2 Å². The summed E-state index contributed by atoms with van der Waals surface area (Å²) < 4.78 is 0. The van der Waals surface area contributed by atoms with E-state index < -0.39 is 0 Å². The Kier molecular flexibility index (Phi) is 4.20. The van der Waals surface area contributed by atoms with Gasteiger partial charge in [0.2, 0.25) is 0 Å². The summed E-state index contributed by atoms with van der Waals surface area (Å²) in [6, 6.07) is 5.29. The van der Waals surface area contributed by atoms with Crippen LogP contribution in [-0.2, 0) is 6.54 Å². The van der Waals surface area contributed by atoms with Crippen molar-refractivity contribution < 1.29 is 4.92 Å². The molecule has 0 spiro atoms. The fourth-order valence-corrected chi connectivity index (χ4v) is 2.96. The van der Waals surface area contributed by atoms with Crippen molar-refractivity contribution in [2.45, 2.75) is 46.1 Å². The van der Waals surface area contributed by atoms with Crippen molar-refractivity contribution >= 4 is 5.69 Å². The molecule has 1 aliphatic carbocycles. The summed E-state index contributed by atoms with van der Waals surface area (Å²) in [6.07, 6.45) is 5.23. The van der Waals surface area contributed by atoms with Crippen LogP contribution in [0, 0.1) is 22.5 Å². The summed E-state index contributed by atoms with van der Waals surface area (Å²) in [4.78, 5) is 10.6. The monoisotopic (exact) mass is 262 g/mol. The first-order valence-corrected chi connectivity index (χ1v) is 6.95. The molecular formula is C15H22N2O2.